The van der Waals surface area contributed by atoms with Gasteiger partial charge in [-0.1, -0.05) is 0 Å². The smallest absolute Gasteiger partial charge is 0.373 e. The molecule has 0 fully saturated rings. The SMILES string of the molecule is CC1=C(C(=O)N(C)C)C(O)=[N+](C)CC1=NNC(N)=O.[Cl-]. The number of urea groups is 1. The Kier molecular flexibility index (Phi) is 6.18. The van der Waals surface area contributed by atoms with Crippen LogP contribution in [0.2, 0.25) is 0 Å². The number of amides is 3. The predicted octanol–water partition coefficient (Wildman–Crippen LogP) is -3.97. The quantitative estimate of drug-likeness (QED) is 0.357. The van der Waals surface area contributed by atoms with Crippen LogP contribution in [0, 0.1) is 0 Å². The van der Waals surface area contributed by atoms with Crippen LogP contribution in [0.5, 0.6) is 0 Å². The summed E-state index contributed by atoms with van der Waals surface area (Å²) in [6, 6.07) is -0.790. The Labute approximate surface area is 123 Å². The van der Waals surface area contributed by atoms with Gasteiger partial charge in [-0.15, -0.1) is 0 Å². The van der Waals surface area contributed by atoms with Crippen molar-refractivity contribution in [2.24, 2.45) is 10.8 Å². The first kappa shape index (κ1) is 17.9. The molecule has 4 N–H and O–H groups in total. The molecule has 1 aliphatic rings. The average molecular weight is 304 g/mol. The lowest BCUT2D eigenvalue weighted by molar-refractivity contribution is -0.489. The van der Waals surface area contributed by atoms with E-state index >= 15 is 0 Å². The van der Waals surface area contributed by atoms with E-state index in [-0.39, 0.29) is 36.3 Å². The first-order valence-electron chi connectivity index (χ1n) is 5.58. The predicted molar refractivity (Wildman–Crippen MR) is 70.2 cm³/mol. The zero-order valence-electron chi connectivity index (χ0n) is 11.8. The maximum Gasteiger partial charge on any atom is 0.373 e. The molecule has 0 radical (unpaired) electrons. The highest BCUT2D eigenvalue weighted by Gasteiger charge is 2.34. The van der Waals surface area contributed by atoms with E-state index in [4.69, 9.17) is 5.73 Å². The molecule has 112 valence electrons. The highest BCUT2D eigenvalue weighted by atomic mass is 35.5. The average Bonchev–Trinajstić information content (AvgIpc) is 2.31. The van der Waals surface area contributed by atoms with E-state index in [2.05, 4.69) is 10.5 Å². The molecule has 9 heteroatoms. The van der Waals surface area contributed by atoms with Gasteiger partial charge in [0.15, 0.2) is 12.1 Å². The summed E-state index contributed by atoms with van der Waals surface area (Å²) in [5.74, 6) is -0.456. The van der Waals surface area contributed by atoms with Crippen molar-refractivity contribution >= 4 is 23.5 Å². The number of hydrogen-bond donors (Lipinski definition) is 3. The Hall–Kier alpha value is -2.09. The molecule has 0 atom stereocenters. The van der Waals surface area contributed by atoms with Gasteiger partial charge in [-0.25, -0.2) is 10.2 Å². The van der Waals surface area contributed by atoms with Gasteiger partial charge in [-0.2, -0.15) is 9.68 Å². The zero-order chi connectivity index (χ0) is 14.7. The third kappa shape index (κ3) is 3.70. The Morgan fingerprint density at radius 3 is 2.45 bits per heavy atom. The van der Waals surface area contributed by atoms with Crippen molar-refractivity contribution in [3.05, 3.63) is 11.1 Å². The minimum atomic E-state index is -0.790. The largest absolute Gasteiger partial charge is 1.00 e. The van der Waals surface area contributed by atoms with Gasteiger partial charge in [0.1, 0.15) is 12.8 Å². The molecule has 1 heterocycles. The topological polar surface area (TPSA) is 111 Å². The fraction of sp³-hybridized carbons (Fsp3) is 0.455. The molecule has 1 rings (SSSR count). The van der Waals surface area contributed by atoms with Crippen LogP contribution in [0.3, 0.4) is 0 Å². The molecule has 0 aromatic carbocycles. The zero-order valence-corrected chi connectivity index (χ0v) is 12.5. The molecule has 0 aromatic rings. The van der Waals surface area contributed by atoms with Gasteiger partial charge >= 0.3 is 11.9 Å². The molecule has 0 aliphatic carbocycles. The Balaban J connectivity index is 0.00000361. The minimum Gasteiger partial charge on any atom is -1.00 e. The number of halogens is 1. The maximum absolute atomic E-state index is 12.0. The molecule has 0 spiro atoms. The van der Waals surface area contributed by atoms with Crippen LogP contribution in [-0.4, -0.2) is 65.8 Å². The fourth-order valence-electron chi connectivity index (χ4n) is 1.64. The minimum absolute atomic E-state index is 0. The number of aliphatic hydroxyl groups is 1. The van der Waals surface area contributed by atoms with Gasteiger partial charge in [0.25, 0.3) is 5.91 Å². The summed E-state index contributed by atoms with van der Waals surface area (Å²) in [7, 11) is 4.79. The van der Waals surface area contributed by atoms with Crippen LogP contribution in [0.1, 0.15) is 6.92 Å². The van der Waals surface area contributed by atoms with Crippen LogP contribution in [0.15, 0.2) is 16.2 Å². The number of rotatable bonds is 2. The number of hydrazone groups is 1. The molecule has 0 saturated heterocycles. The van der Waals surface area contributed by atoms with Gasteiger partial charge in [-0.3, -0.25) is 4.79 Å². The monoisotopic (exact) mass is 303 g/mol. The maximum atomic E-state index is 12.0. The molecule has 0 aromatic heterocycles. The Morgan fingerprint density at radius 1 is 1.45 bits per heavy atom. The summed E-state index contributed by atoms with van der Waals surface area (Å²) in [5.41, 5.74) is 8.18. The molecular weight excluding hydrogens is 286 g/mol. The van der Waals surface area contributed by atoms with Crippen molar-refractivity contribution in [1.29, 1.82) is 0 Å². The number of likely N-dealkylation sites (N-methyl/N-ethyl adjacent to an activating group) is 1. The van der Waals surface area contributed by atoms with E-state index in [0.717, 1.165) is 0 Å². The molecular formula is C11H18ClN5O3. The summed E-state index contributed by atoms with van der Waals surface area (Å²) in [5, 5.41) is 13.8. The third-order valence-electron chi connectivity index (χ3n) is 2.70. The summed E-state index contributed by atoms with van der Waals surface area (Å²) >= 11 is 0. The molecule has 0 bridgehead atoms. The van der Waals surface area contributed by atoms with E-state index in [0.29, 0.717) is 11.3 Å². The van der Waals surface area contributed by atoms with Crippen LogP contribution in [-0.2, 0) is 4.79 Å². The van der Waals surface area contributed by atoms with Crippen molar-refractivity contribution < 1.29 is 31.7 Å². The Morgan fingerprint density at radius 2 is 2.00 bits per heavy atom. The second-order valence-corrected chi connectivity index (χ2v) is 4.41. The third-order valence-corrected chi connectivity index (χ3v) is 2.70. The van der Waals surface area contributed by atoms with Crippen LogP contribution in [0.25, 0.3) is 0 Å². The van der Waals surface area contributed by atoms with Gasteiger partial charge in [0.05, 0.1) is 0 Å². The van der Waals surface area contributed by atoms with Gasteiger partial charge in [0.2, 0.25) is 0 Å². The van der Waals surface area contributed by atoms with Gasteiger partial charge in [0, 0.05) is 19.7 Å². The first-order chi connectivity index (χ1) is 8.75. The number of aliphatic hydroxyl groups excluding tert-OH is 1. The lowest BCUT2D eigenvalue weighted by Gasteiger charge is -2.18. The van der Waals surface area contributed by atoms with E-state index in [1.165, 1.54) is 9.48 Å². The van der Waals surface area contributed by atoms with Gasteiger partial charge in [-0.05, 0) is 6.92 Å². The van der Waals surface area contributed by atoms with E-state index in [1.54, 1.807) is 28.1 Å². The number of carbonyl (C=O) groups excluding carboxylic acids is 2. The number of nitrogens with zero attached hydrogens (tertiary/aromatic N) is 3. The van der Waals surface area contributed by atoms with E-state index in [9.17, 15) is 14.7 Å². The van der Waals surface area contributed by atoms with E-state index in [1.807, 2.05) is 0 Å². The summed E-state index contributed by atoms with van der Waals surface area (Å²) in [6.45, 7) is 1.92. The highest BCUT2D eigenvalue weighted by Crippen LogP contribution is 2.14. The molecule has 0 unspecified atom stereocenters. The van der Waals surface area contributed by atoms with Crippen molar-refractivity contribution in [2.45, 2.75) is 6.92 Å². The lowest BCUT2D eigenvalue weighted by Crippen LogP contribution is -3.00. The standard InChI is InChI=1S/C11H17N5O3.ClH/c1-6-7(13-14-11(12)19)5-16(4)10(18)8(6)9(17)15(2)3;/h5H2,1-4H3,(H3,12,14,17,18,19);1H. The highest BCUT2D eigenvalue weighted by molar-refractivity contribution is 6.23. The summed E-state index contributed by atoms with van der Waals surface area (Å²) in [6.07, 6.45) is 0. The Bertz CT molecular complexity index is 522. The second-order valence-electron chi connectivity index (χ2n) is 4.41. The van der Waals surface area contributed by atoms with Gasteiger partial charge < -0.3 is 28.1 Å². The summed E-state index contributed by atoms with van der Waals surface area (Å²) < 4.78 is 1.46. The number of hydrogen-bond acceptors (Lipinski definition) is 3. The van der Waals surface area contributed by atoms with Crippen molar-refractivity contribution in [2.75, 3.05) is 27.7 Å². The van der Waals surface area contributed by atoms with Crippen LogP contribution < -0.4 is 23.6 Å². The van der Waals surface area contributed by atoms with Crippen LogP contribution >= 0.6 is 0 Å². The number of nitrogens with one attached hydrogen (secondary N) is 1. The van der Waals surface area contributed by atoms with Crippen LogP contribution in [0.4, 0.5) is 4.79 Å². The first-order valence-corrected chi connectivity index (χ1v) is 5.58. The normalized spacial score (nSPS) is 16.9. The molecule has 3 amide bonds. The van der Waals surface area contributed by atoms with E-state index < -0.39 is 6.03 Å². The van der Waals surface area contributed by atoms with Crippen molar-refractivity contribution in [1.82, 2.24) is 10.3 Å². The number of carbonyl (C=O) groups is 2. The van der Waals surface area contributed by atoms with Crippen molar-refractivity contribution in [3.8, 4) is 0 Å². The molecule has 8 nitrogen and oxygen atoms in total. The second kappa shape index (κ2) is 6.90. The number of primary amides is 1. The fourth-order valence-corrected chi connectivity index (χ4v) is 1.64. The van der Waals surface area contributed by atoms with Crippen molar-refractivity contribution in [3.63, 3.8) is 0 Å². The summed E-state index contributed by atoms with van der Waals surface area (Å²) in [4.78, 5) is 24.1. The lowest BCUT2D eigenvalue weighted by atomic mass is 10.0. The number of nitrogens with two attached hydrogens (primary N) is 1. The molecule has 20 heavy (non-hydrogen) atoms. The molecule has 0 saturated carbocycles. The molecule has 1 aliphatic heterocycles.